The fourth-order valence-corrected chi connectivity index (χ4v) is 4.01. The van der Waals surface area contributed by atoms with E-state index in [1.54, 1.807) is 23.1 Å². The number of thiophene rings is 1. The van der Waals surface area contributed by atoms with Crippen molar-refractivity contribution < 1.29 is 23.8 Å². The van der Waals surface area contributed by atoms with E-state index in [1.807, 2.05) is 6.92 Å². The van der Waals surface area contributed by atoms with E-state index in [4.69, 9.17) is 16.3 Å². The summed E-state index contributed by atoms with van der Waals surface area (Å²) < 4.78 is 20.1. The van der Waals surface area contributed by atoms with Crippen LogP contribution in [-0.4, -0.2) is 42.8 Å². The van der Waals surface area contributed by atoms with Crippen molar-refractivity contribution in [2.45, 2.75) is 32.3 Å². The summed E-state index contributed by atoms with van der Waals surface area (Å²) in [7, 11) is 0. The third-order valence-electron chi connectivity index (χ3n) is 4.65. The molecule has 1 aromatic carbocycles. The van der Waals surface area contributed by atoms with Gasteiger partial charge in [-0.3, -0.25) is 4.79 Å². The summed E-state index contributed by atoms with van der Waals surface area (Å²) in [6.45, 7) is 2.34. The maximum absolute atomic E-state index is 14.5. The molecule has 1 saturated heterocycles. The number of halogens is 2. The predicted molar refractivity (Wildman–Crippen MR) is 115 cm³/mol. The number of carbonyl (C=O) groups excluding carboxylic acids is 2. The number of ether oxygens (including phenoxy) is 1. The molecule has 1 aliphatic rings. The molecule has 1 fully saturated rings. The second-order valence-corrected chi connectivity index (χ2v) is 8.66. The number of carbonyl (C=O) groups is 2. The minimum atomic E-state index is -0.965. The quantitative estimate of drug-likeness (QED) is 0.588. The number of aliphatic hydroxyl groups is 1. The van der Waals surface area contributed by atoms with E-state index in [-0.39, 0.29) is 24.7 Å². The lowest BCUT2D eigenvalue weighted by molar-refractivity contribution is -0.119. The third kappa shape index (κ3) is 5.84. The van der Waals surface area contributed by atoms with Crippen LogP contribution in [0.2, 0.25) is 4.34 Å². The molecule has 10 heteroatoms. The maximum Gasteiger partial charge on any atom is 0.413 e. The highest BCUT2D eigenvalue weighted by atomic mass is 35.5. The average molecular weight is 456 g/mol. The number of nitrogens with zero attached hydrogens (tertiary/aromatic N) is 1. The van der Waals surface area contributed by atoms with Crippen LogP contribution in [0.15, 0.2) is 24.3 Å². The number of piperidine rings is 1. The monoisotopic (exact) mass is 455 g/mol. The smallest absolute Gasteiger partial charge is 0.399 e. The summed E-state index contributed by atoms with van der Waals surface area (Å²) in [6.07, 6.45) is 0.547. The molecule has 2 heterocycles. The predicted octanol–water partition coefficient (Wildman–Crippen LogP) is 3.93. The molecule has 1 aromatic heterocycles. The molecule has 30 heavy (non-hydrogen) atoms. The molecule has 7 nitrogen and oxygen atoms in total. The molecule has 0 saturated carbocycles. The van der Waals surface area contributed by atoms with E-state index in [2.05, 4.69) is 10.6 Å². The van der Waals surface area contributed by atoms with Gasteiger partial charge in [0, 0.05) is 37.8 Å². The Bertz CT molecular complexity index is 923. The molecular weight excluding hydrogens is 433 g/mol. The van der Waals surface area contributed by atoms with Crippen LogP contribution in [-0.2, 0) is 4.79 Å². The molecule has 0 aliphatic carbocycles. The highest BCUT2D eigenvalue weighted by Crippen LogP contribution is 2.30. The van der Waals surface area contributed by atoms with E-state index in [0.29, 0.717) is 28.1 Å². The molecule has 162 valence electrons. The zero-order valence-corrected chi connectivity index (χ0v) is 18.0. The summed E-state index contributed by atoms with van der Waals surface area (Å²) in [5.41, 5.74) is 1.55. The number of benzene rings is 1. The number of hydrogen-bond donors (Lipinski definition) is 3. The van der Waals surface area contributed by atoms with Gasteiger partial charge in [0.25, 0.3) is 0 Å². The van der Waals surface area contributed by atoms with Crippen LogP contribution in [0.1, 0.15) is 24.8 Å². The highest BCUT2D eigenvalue weighted by molar-refractivity contribution is 7.17. The van der Waals surface area contributed by atoms with Crippen LogP contribution < -0.4 is 20.3 Å². The zero-order chi connectivity index (χ0) is 21.7. The lowest BCUT2D eigenvalue weighted by Crippen LogP contribution is -2.37. The van der Waals surface area contributed by atoms with Gasteiger partial charge in [0.2, 0.25) is 5.91 Å². The van der Waals surface area contributed by atoms with Gasteiger partial charge in [0.1, 0.15) is 5.82 Å². The summed E-state index contributed by atoms with van der Waals surface area (Å²) in [5.74, 6) is -0.509. The average Bonchev–Trinajstić information content (AvgIpc) is 3.11. The van der Waals surface area contributed by atoms with Gasteiger partial charge in [-0.1, -0.05) is 22.9 Å². The van der Waals surface area contributed by atoms with Crippen molar-refractivity contribution in [2.24, 2.45) is 0 Å². The first-order valence-corrected chi connectivity index (χ1v) is 10.8. The number of hydrogen-bond acceptors (Lipinski definition) is 6. The van der Waals surface area contributed by atoms with E-state index < -0.39 is 18.0 Å². The van der Waals surface area contributed by atoms with E-state index >= 15 is 0 Å². The van der Waals surface area contributed by atoms with Crippen LogP contribution in [0, 0.1) is 12.7 Å². The Morgan fingerprint density at radius 2 is 2.17 bits per heavy atom. The molecule has 3 rings (SSSR count). The number of anilines is 2. The van der Waals surface area contributed by atoms with Crippen LogP contribution in [0.3, 0.4) is 0 Å². The fraction of sp³-hybridized carbons (Fsp3) is 0.400. The van der Waals surface area contributed by atoms with Gasteiger partial charge in [0.15, 0.2) is 5.06 Å². The van der Waals surface area contributed by atoms with Gasteiger partial charge in [-0.25, -0.2) is 9.18 Å². The minimum absolute atomic E-state index is 0.00246. The largest absolute Gasteiger partial charge is 0.413 e. The number of aliphatic hydroxyl groups excluding tert-OH is 1. The van der Waals surface area contributed by atoms with Crippen molar-refractivity contribution in [2.75, 3.05) is 29.9 Å². The Morgan fingerprint density at radius 3 is 2.87 bits per heavy atom. The van der Waals surface area contributed by atoms with E-state index in [1.165, 1.54) is 6.07 Å². The normalized spacial score (nSPS) is 15.1. The summed E-state index contributed by atoms with van der Waals surface area (Å²) in [4.78, 5) is 25.4. The SMILES string of the molecule is Cc1cc(NC[C@@H](O)CNC(=O)Oc2ccc(Cl)s2)c(F)cc1N1CCCCC1=O. The Kier molecular flexibility index (Phi) is 7.52. The van der Waals surface area contributed by atoms with E-state index in [9.17, 15) is 19.1 Å². The minimum Gasteiger partial charge on any atom is -0.399 e. The van der Waals surface area contributed by atoms with Crippen LogP contribution in [0.25, 0.3) is 0 Å². The van der Waals surface area contributed by atoms with Gasteiger partial charge in [-0.2, -0.15) is 0 Å². The molecule has 1 atom stereocenters. The Balaban J connectivity index is 1.50. The van der Waals surface area contributed by atoms with E-state index in [0.717, 1.165) is 29.7 Å². The van der Waals surface area contributed by atoms with Crippen LogP contribution in [0.4, 0.5) is 20.6 Å². The number of amides is 2. The van der Waals surface area contributed by atoms with Crippen molar-refractivity contribution >= 4 is 46.3 Å². The molecule has 3 N–H and O–H groups in total. The standard InChI is InChI=1S/C20H23ClFN3O4S/c1-12-8-15(14(22)9-16(12)25-7-3-2-4-18(25)27)23-10-13(26)11-24-20(28)29-19-6-5-17(21)30-19/h5-6,8-9,13,23,26H,2-4,7,10-11H2,1H3,(H,24,28)/t13-/m1/s1. The van der Waals surface area contributed by atoms with Gasteiger partial charge in [-0.15, -0.1) is 0 Å². The molecule has 2 amide bonds. The van der Waals surface area contributed by atoms with Crippen LogP contribution >= 0.6 is 22.9 Å². The second kappa shape index (κ2) is 10.1. The first kappa shape index (κ1) is 22.3. The van der Waals surface area contributed by atoms with Crippen LogP contribution in [0.5, 0.6) is 5.06 Å². The first-order valence-electron chi connectivity index (χ1n) is 9.57. The summed E-state index contributed by atoms with van der Waals surface area (Å²) in [6, 6.07) is 6.13. The molecule has 1 aliphatic heterocycles. The third-order valence-corrected chi connectivity index (χ3v) is 5.76. The molecule has 0 spiro atoms. The Labute approximate surface area is 182 Å². The fourth-order valence-electron chi connectivity index (χ4n) is 3.14. The molecule has 0 bridgehead atoms. The van der Waals surface area contributed by atoms with Crippen molar-refractivity contribution in [3.05, 3.63) is 40.0 Å². The highest BCUT2D eigenvalue weighted by Gasteiger charge is 2.22. The summed E-state index contributed by atoms with van der Waals surface area (Å²) in [5, 5.41) is 15.7. The van der Waals surface area contributed by atoms with Crippen molar-refractivity contribution in [1.82, 2.24) is 5.32 Å². The van der Waals surface area contributed by atoms with Crippen molar-refractivity contribution in [3.63, 3.8) is 0 Å². The van der Waals surface area contributed by atoms with Gasteiger partial charge in [0.05, 0.1) is 16.1 Å². The second-order valence-electron chi connectivity index (χ2n) is 6.98. The first-order chi connectivity index (χ1) is 14.3. The number of aryl methyl sites for hydroxylation is 1. The summed E-state index contributed by atoms with van der Waals surface area (Å²) >= 11 is 6.88. The lowest BCUT2D eigenvalue weighted by Gasteiger charge is -2.28. The molecular formula is C20H23ClFN3O4S. The molecule has 0 radical (unpaired) electrons. The van der Waals surface area contributed by atoms with Crippen molar-refractivity contribution in [1.29, 1.82) is 0 Å². The van der Waals surface area contributed by atoms with Gasteiger partial charge < -0.3 is 25.4 Å². The topological polar surface area (TPSA) is 90.9 Å². The zero-order valence-electron chi connectivity index (χ0n) is 16.4. The Hall–Kier alpha value is -2.36. The lowest BCUT2D eigenvalue weighted by atomic mass is 10.1. The van der Waals surface area contributed by atoms with Gasteiger partial charge in [-0.05, 0) is 43.5 Å². The maximum atomic E-state index is 14.5. The van der Waals surface area contributed by atoms with Gasteiger partial charge >= 0.3 is 6.09 Å². The van der Waals surface area contributed by atoms with Crippen molar-refractivity contribution in [3.8, 4) is 5.06 Å². The molecule has 0 unspecified atom stereocenters. The number of rotatable bonds is 7. The number of nitrogens with one attached hydrogen (secondary N) is 2. The Morgan fingerprint density at radius 1 is 1.37 bits per heavy atom. The molecule has 2 aromatic rings.